The van der Waals surface area contributed by atoms with Crippen molar-refractivity contribution < 1.29 is 0 Å². The SMILES string of the molecule is Cn1cnc(CC(C)(C)N)c1. The maximum absolute atomic E-state index is 5.83. The van der Waals surface area contributed by atoms with Gasteiger partial charge in [0.1, 0.15) is 0 Å². The van der Waals surface area contributed by atoms with E-state index in [2.05, 4.69) is 4.98 Å². The topological polar surface area (TPSA) is 43.8 Å². The van der Waals surface area contributed by atoms with Crippen molar-refractivity contribution in [3.63, 3.8) is 0 Å². The molecule has 0 radical (unpaired) electrons. The maximum atomic E-state index is 5.83. The van der Waals surface area contributed by atoms with Crippen molar-refractivity contribution in [1.82, 2.24) is 9.55 Å². The van der Waals surface area contributed by atoms with Crippen molar-refractivity contribution >= 4 is 0 Å². The van der Waals surface area contributed by atoms with E-state index in [4.69, 9.17) is 5.73 Å². The van der Waals surface area contributed by atoms with Gasteiger partial charge < -0.3 is 10.3 Å². The van der Waals surface area contributed by atoms with E-state index in [0.29, 0.717) is 0 Å². The fourth-order valence-corrected chi connectivity index (χ4v) is 1.03. The summed E-state index contributed by atoms with van der Waals surface area (Å²) in [6.45, 7) is 4.00. The Balaban J connectivity index is 2.65. The van der Waals surface area contributed by atoms with Crippen LogP contribution in [0.4, 0.5) is 0 Å². The van der Waals surface area contributed by atoms with Crippen molar-refractivity contribution in [3.05, 3.63) is 18.2 Å². The van der Waals surface area contributed by atoms with Gasteiger partial charge in [-0.1, -0.05) is 0 Å². The van der Waals surface area contributed by atoms with Gasteiger partial charge >= 0.3 is 0 Å². The first-order valence-corrected chi connectivity index (χ1v) is 3.73. The van der Waals surface area contributed by atoms with Crippen LogP contribution in [0.3, 0.4) is 0 Å². The minimum atomic E-state index is -0.158. The molecule has 1 aromatic rings. The van der Waals surface area contributed by atoms with E-state index in [1.54, 1.807) is 6.33 Å². The fraction of sp³-hybridized carbons (Fsp3) is 0.625. The lowest BCUT2D eigenvalue weighted by atomic mass is 10.0. The molecular weight excluding hydrogens is 138 g/mol. The molecule has 11 heavy (non-hydrogen) atoms. The second-order valence-electron chi connectivity index (χ2n) is 3.70. The zero-order valence-electron chi connectivity index (χ0n) is 7.33. The molecule has 0 saturated heterocycles. The van der Waals surface area contributed by atoms with Crippen LogP contribution in [0.1, 0.15) is 19.5 Å². The number of rotatable bonds is 2. The zero-order valence-corrected chi connectivity index (χ0v) is 7.33. The summed E-state index contributed by atoms with van der Waals surface area (Å²) >= 11 is 0. The largest absolute Gasteiger partial charge is 0.340 e. The predicted molar refractivity (Wildman–Crippen MR) is 45.2 cm³/mol. The summed E-state index contributed by atoms with van der Waals surface area (Å²) in [6, 6.07) is 0. The molecule has 0 unspecified atom stereocenters. The van der Waals surface area contributed by atoms with Crippen LogP contribution in [0.5, 0.6) is 0 Å². The van der Waals surface area contributed by atoms with Crippen LogP contribution in [0, 0.1) is 0 Å². The average Bonchev–Trinajstić information content (AvgIpc) is 2.10. The monoisotopic (exact) mass is 153 g/mol. The summed E-state index contributed by atoms with van der Waals surface area (Å²) in [5, 5.41) is 0. The molecule has 0 fully saturated rings. The van der Waals surface area contributed by atoms with E-state index in [9.17, 15) is 0 Å². The number of aryl methyl sites for hydroxylation is 1. The standard InChI is InChI=1S/C8H15N3/c1-8(2,9)4-7-5-11(3)6-10-7/h5-6H,4,9H2,1-3H3. The molecule has 1 heterocycles. The van der Waals surface area contributed by atoms with Crippen molar-refractivity contribution in [2.24, 2.45) is 12.8 Å². The molecule has 3 nitrogen and oxygen atoms in total. The molecule has 3 heteroatoms. The molecule has 0 aliphatic rings. The van der Waals surface area contributed by atoms with Gasteiger partial charge in [-0.15, -0.1) is 0 Å². The first kappa shape index (κ1) is 8.27. The van der Waals surface area contributed by atoms with Crippen LogP contribution in [0.2, 0.25) is 0 Å². The first-order chi connectivity index (χ1) is 4.97. The summed E-state index contributed by atoms with van der Waals surface area (Å²) in [7, 11) is 1.96. The van der Waals surface area contributed by atoms with Crippen LogP contribution >= 0.6 is 0 Å². The van der Waals surface area contributed by atoms with Crippen molar-refractivity contribution in [3.8, 4) is 0 Å². The van der Waals surface area contributed by atoms with E-state index in [1.807, 2.05) is 31.7 Å². The van der Waals surface area contributed by atoms with Gasteiger partial charge in [0.25, 0.3) is 0 Å². The Labute approximate surface area is 67.2 Å². The van der Waals surface area contributed by atoms with E-state index >= 15 is 0 Å². The van der Waals surface area contributed by atoms with Gasteiger partial charge in [0.2, 0.25) is 0 Å². The van der Waals surface area contributed by atoms with Gasteiger partial charge in [-0.25, -0.2) is 4.98 Å². The third-order valence-corrected chi connectivity index (χ3v) is 1.40. The van der Waals surface area contributed by atoms with E-state index in [1.165, 1.54) is 0 Å². The zero-order chi connectivity index (χ0) is 8.48. The number of hydrogen-bond donors (Lipinski definition) is 1. The first-order valence-electron chi connectivity index (χ1n) is 3.73. The summed E-state index contributed by atoms with van der Waals surface area (Å²) < 4.78 is 1.93. The quantitative estimate of drug-likeness (QED) is 0.679. The molecule has 0 amide bonds. The second kappa shape index (κ2) is 2.66. The molecule has 0 aliphatic carbocycles. The van der Waals surface area contributed by atoms with Gasteiger partial charge in [-0.05, 0) is 13.8 Å². The van der Waals surface area contributed by atoms with Crippen LogP contribution in [0.15, 0.2) is 12.5 Å². The number of imidazole rings is 1. The van der Waals surface area contributed by atoms with Crippen LogP contribution < -0.4 is 5.73 Å². The van der Waals surface area contributed by atoms with Crippen LogP contribution in [-0.4, -0.2) is 15.1 Å². The molecule has 0 aliphatic heterocycles. The maximum Gasteiger partial charge on any atom is 0.0946 e. The molecule has 1 aromatic heterocycles. The van der Waals surface area contributed by atoms with Gasteiger partial charge in [-0.2, -0.15) is 0 Å². The summed E-state index contributed by atoms with van der Waals surface area (Å²) in [5.41, 5.74) is 6.72. The van der Waals surface area contributed by atoms with E-state index < -0.39 is 0 Å². The molecule has 2 N–H and O–H groups in total. The highest BCUT2D eigenvalue weighted by molar-refractivity contribution is 5.01. The molecule has 62 valence electrons. The number of nitrogens with two attached hydrogens (primary N) is 1. The number of hydrogen-bond acceptors (Lipinski definition) is 2. The lowest BCUT2D eigenvalue weighted by molar-refractivity contribution is 0.511. The van der Waals surface area contributed by atoms with E-state index in [-0.39, 0.29) is 5.54 Å². The second-order valence-corrected chi connectivity index (χ2v) is 3.70. The molecule has 1 rings (SSSR count). The Bertz CT molecular complexity index is 232. The third-order valence-electron chi connectivity index (χ3n) is 1.40. The molecule has 0 spiro atoms. The number of aromatic nitrogens is 2. The number of nitrogens with zero attached hydrogens (tertiary/aromatic N) is 2. The lowest BCUT2D eigenvalue weighted by Crippen LogP contribution is -2.34. The van der Waals surface area contributed by atoms with Crippen LogP contribution in [-0.2, 0) is 13.5 Å². The van der Waals surface area contributed by atoms with Gasteiger partial charge in [0.05, 0.1) is 12.0 Å². The highest BCUT2D eigenvalue weighted by atomic mass is 15.0. The Morgan fingerprint density at radius 1 is 1.64 bits per heavy atom. The Morgan fingerprint density at radius 2 is 2.27 bits per heavy atom. The van der Waals surface area contributed by atoms with Gasteiger partial charge in [0.15, 0.2) is 0 Å². The summed E-state index contributed by atoms with van der Waals surface area (Å²) in [5.74, 6) is 0. The summed E-state index contributed by atoms with van der Waals surface area (Å²) in [6.07, 6.45) is 4.61. The van der Waals surface area contributed by atoms with Crippen molar-refractivity contribution in [2.75, 3.05) is 0 Å². The Morgan fingerprint density at radius 3 is 2.64 bits per heavy atom. The third kappa shape index (κ3) is 2.72. The molecule has 0 bridgehead atoms. The predicted octanol–water partition coefficient (Wildman–Crippen LogP) is 0.700. The fourth-order valence-electron chi connectivity index (χ4n) is 1.03. The normalized spacial score (nSPS) is 12.0. The van der Waals surface area contributed by atoms with E-state index in [0.717, 1.165) is 12.1 Å². The molecule has 0 aromatic carbocycles. The lowest BCUT2D eigenvalue weighted by Gasteiger charge is -2.15. The molecular formula is C8H15N3. The highest BCUT2D eigenvalue weighted by Gasteiger charge is 2.12. The Hall–Kier alpha value is -0.830. The molecule has 0 saturated carbocycles. The summed E-state index contributed by atoms with van der Waals surface area (Å²) in [4.78, 5) is 4.18. The Kier molecular flexibility index (Phi) is 2.00. The smallest absolute Gasteiger partial charge is 0.0946 e. The average molecular weight is 153 g/mol. The van der Waals surface area contributed by atoms with Gasteiger partial charge in [0, 0.05) is 25.2 Å². The van der Waals surface area contributed by atoms with Crippen molar-refractivity contribution in [2.45, 2.75) is 25.8 Å². The van der Waals surface area contributed by atoms with Crippen molar-refractivity contribution in [1.29, 1.82) is 0 Å². The highest BCUT2D eigenvalue weighted by Crippen LogP contribution is 2.06. The van der Waals surface area contributed by atoms with Crippen LogP contribution in [0.25, 0.3) is 0 Å². The minimum Gasteiger partial charge on any atom is -0.340 e. The molecule has 0 atom stereocenters. The van der Waals surface area contributed by atoms with Gasteiger partial charge in [-0.3, -0.25) is 0 Å². The minimum absolute atomic E-state index is 0.158.